The predicted octanol–water partition coefficient (Wildman–Crippen LogP) is 2.57. The van der Waals surface area contributed by atoms with Gasteiger partial charge >= 0.3 is 0 Å². The number of nitrogens with zero attached hydrogens (tertiary/aromatic N) is 1. The number of nitrogens with one attached hydrogen (secondary N) is 3. The molecule has 54 heavy (non-hydrogen) atoms. The Morgan fingerprint density at radius 3 is 1.89 bits per heavy atom. The highest BCUT2D eigenvalue weighted by molar-refractivity contribution is 5.99. The Hall–Kier alpha value is -5.14. The zero-order valence-corrected chi connectivity index (χ0v) is 31.1. The predicted molar refractivity (Wildman–Crippen MR) is 210 cm³/mol. The first kappa shape index (κ1) is 41.6. The molecular weight excluding hydrogens is 684 g/mol. The second-order valence-electron chi connectivity index (χ2n) is 14.0. The molecule has 4 aromatic carbocycles. The second-order valence-corrected chi connectivity index (χ2v) is 14.0. The lowest BCUT2D eigenvalue weighted by Crippen LogP contribution is -2.57. The Bertz CT molecular complexity index is 1820. The summed E-state index contributed by atoms with van der Waals surface area (Å²) in [6, 6.07) is 26.7. The number of aliphatic hydroxyl groups is 2. The first-order valence-electron chi connectivity index (χ1n) is 18.5. The van der Waals surface area contributed by atoms with Crippen LogP contribution >= 0.6 is 0 Å². The van der Waals surface area contributed by atoms with Crippen molar-refractivity contribution < 1.29 is 29.4 Å². The van der Waals surface area contributed by atoms with E-state index in [9.17, 15) is 29.4 Å². The van der Waals surface area contributed by atoms with Crippen LogP contribution < -0.4 is 27.4 Å². The summed E-state index contributed by atoms with van der Waals surface area (Å²) in [5.41, 5.74) is 13.9. The maximum atomic E-state index is 14.3. The van der Waals surface area contributed by atoms with E-state index >= 15 is 0 Å². The topological polar surface area (TPSA) is 200 Å². The number of amides is 4. The van der Waals surface area contributed by atoms with Crippen LogP contribution in [-0.4, -0.2) is 88.7 Å². The van der Waals surface area contributed by atoms with Gasteiger partial charge in [-0.1, -0.05) is 84.9 Å². The number of aliphatic hydroxyl groups excluding tert-OH is 2. The van der Waals surface area contributed by atoms with Crippen LogP contribution in [0.3, 0.4) is 0 Å². The molecule has 0 saturated carbocycles. The standard InChI is InChI=1S/C42H54N6O6/c1-28(49)25-48(26-29(2)50)27-32-13-10-16-35(22-32)40(52)46-38(24-31-18-19-33-14-6-7-15-34(33)21-31)42(54)47-37(23-30-11-4-3-5-12-30)41(53)45-36(39(44)51)17-8-9-20-43/h3-7,10-16,18-19,21-22,28-29,36-38,49-50H,8-9,17,20,23-27,43H2,1-2H3,(H2,44,51)(H,45,53)(H,46,52)(H,47,54)/t28?,29?,36-,37+,38?/m0/s1. The van der Waals surface area contributed by atoms with Crippen LogP contribution in [0.15, 0.2) is 97.1 Å². The van der Waals surface area contributed by atoms with Gasteiger partial charge in [-0.15, -0.1) is 0 Å². The molecule has 0 bridgehead atoms. The smallest absolute Gasteiger partial charge is 0.251 e. The molecule has 5 atom stereocenters. The number of hydrogen-bond acceptors (Lipinski definition) is 8. The van der Waals surface area contributed by atoms with Crippen molar-refractivity contribution in [2.75, 3.05) is 19.6 Å². The SMILES string of the molecule is CC(O)CN(Cc1cccc(C(=O)NC(Cc2ccc3ccccc3c2)C(=O)N[C@H](Cc2ccccc2)C(=O)N[C@@H](CCCCN)C(N)=O)c1)CC(C)O. The highest BCUT2D eigenvalue weighted by Gasteiger charge is 2.30. The quantitative estimate of drug-likeness (QED) is 0.0633. The molecule has 4 amide bonds. The Labute approximate surface area is 317 Å². The van der Waals surface area contributed by atoms with E-state index in [4.69, 9.17) is 11.5 Å². The maximum Gasteiger partial charge on any atom is 0.251 e. The molecule has 4 aromatic rings. The first-order chi connectivity index (χ1) is 25.9. The van der Waals surface area contributed by atoms with Crippen LogP contribution in [0.4, 0.5) is 0 Å². The van der Waals surface area contributed by atoms with Gasteiger partial charge in [0.2, 0.25) is 17.7 Å². The molecule has 288 valence electrons. The lowest BCUT2D eigenvalue weighted by atomic mass is 9.99. The van der Waals surface area contributed by atoms with Crippen molar-refractivity contribution in [3.63, 3.8) is 0 Å². The van der Waals surface area contributed by atoms with E-state index in [2.05, 4.69) is 16.0 Å². The van der Waals surface area contributed by atoms with Gasteiger partial charge in [-0.3, -0.25) is 24.1 Å². The summed E-state index contributed by atoms with van der Waals surface area (Å²) in [7, 11) is 0. The summed E-state index contributed by atoms with van der Waals surface area (Å²) in [6.07, 6.45) is 0.568. The Kier molecular flexibility index (Phi) is 16.1. The third-order valence-corrected chi connectivity index (χ3v) is 9.04. The largest absolute Gasteiger partial charge is 0.392 e. The van der Waals surface area contributed by atoms with E-state index in [-0.39, 0.29) is 12.8 Å². The minimum Gasteiger partial charge on any atom is -0.392 e. The van der Waals surface area contributed by atoms with E-state index in [1.165, 1.54) is 0 Å². The van der Waals surface area contributed by atoms with Crippen LogP contribution in [0.5, 0.6) is 0 Å². The molecule has 0 radical (unpaired) electrons. The normalized spacial score (nSPS) is 14.1. The van der Waals surface area contributed by atoms with Gasteiger partial charge in [-0.2, -0.15) is 0 Å². The van der Waals surface area contributed by atoms with E-state index < -0.39 is 54.0 Å². The van der Waals surface area contributed by atoms with Crippen molar-refractivity contribution in [1.29, 1.82) is 0 Å². The van der Waals surface area contributed by atoms with Gasteiger partial charge < -0.3 is 37.6 Å². The van der Waals surface area contributed by atoms with Crippen molar-refractivity contribution in [1.82, 2.24) is 20.9 Å². The number of benzene rings is 4. The number of carbonyl (C=O) groups excluding carboxylic acids is 4. The van der Waals surface area contributed by atoms with Crippen LogP contribution in [0, 0.1) is 0 Å². The van der Waals surface area contributed by atoms with Crippen LogP contribution in [0.25, 0.3) is 10.8 Å². The van der Waals surface area contributed by atoms with Gasteiger partial charge in [0, 0.05) is 38.0 Å². The Balaban J connectivity index is 1.61. The third kappa shape index (κ3) is 13.4. The zero-order chi connectivity index (χ0) is 39.0. The van der Waals surface area contributed by atoms with Gasteiger partial charge in [0.1, 0.15) is 18.1 Å². The highest BCUT2D eigenvalue weighted by atomic mass is 16.3. The summed E-state index contributed by atoms with van der Waals surface area (Å²) >= 11 is 0. The minimum atomic E-state index is -1.09. The maximum absolute atomic E-state index is 14.3. The van der Waals surface area contributed by atoms with E-state index in [1.807, 2.05) is 83.8 Å². The van der Waals surface area contributed by atoms with Gasteiger partial charge in [-0.25, -0.2) is 0 Å². The molecule has 12 nitrogen and oxygen atoms in total. The summed E-state index contributed by atoms with van der Waals surface area (Å²) in [5.74, 6) is -2.34. The number of fused-ring (bicyclic) bond motifs is 1. The lowest BCUT2D eigenvalue weighted by Gasteiger charge is -2.26. The van der Waals surface area contributed by atoms with Crippen molar-refractivity contribution in [2.24, 2.45) is 11.5 Å². The number of nitrogens with two attached hydrogens (primary N) is 2. The van der Waals surface area contributed by atoms with Gasteiger partial charge in [0.25, 0.3) is 5.91 Å². The fourth-order valence-corrected chi connectivity index (χ4v) is 6.45. The van der Waals surface area contributed by atoms with Gasteiger partial charge in [-0.05, 0) is 79.3 Å². The molecule has 0 spiro atoms. The van der Waals surface area contributed by atoms with Crippen molar-refractivity contribution in [3.8, 4) is 0 Å². The zero-order valence-electron chi connectivity index (χ0n) is 31.1. The van der Waals surface area contributed by atoms with Crippen molar-refractivity contribution in [3.05, 3.63) is 119 Å². The van der Waals surface area contributed by atoms with Crippen molar-refractivity contribution >= 4 is 34.4 Å². The fourth-order valence-electron chi connectivity index (χ4n) is 6.45. The molecule has 0 aliphatic carbocycles. The molecule has 0 heterocycles. The monoisotopic (exact) mass is 738 g/mol. The van der Waals surface area contributed by atoms with Crippen LogP contribution in [0.1, 0.15) is 60.2 Å². The average molecular weight is 739 g/mol. The molecule has 0 saturated heterocycles. The molecule has 9 N–H and O–H groups in total. The minimum absolute atomic E-state index is 0.126. The number of primary amides is 1. The van der Waals surface area contributed by atoms with Crippen LogP contribution in [0.2, 0.25) is 0 Å². The summed E-state index contributed by atoms with van der Waals surface area (Å²) in [5, 5.41) is 30.5. The molecular formula is C42H54N6O6. The number of rotatable bonds is 21. The molecule has 0 aliphatic heterocycles. The fraction of sp³-hybridized carbons (Fsp3) is 0.381. The molecule has 4 rings (SSSR count). The van der Waals surface area contributed by atoms with Crippen LogP contribution in [-0.2, 0) is 33.8 Å². The number of unbranched alkanes of at least 4 members (excludes halogenated alkanes) is 1. The highest BCUT2D eigenvalue weighted by Crippen LogP contribution is 2.18. The van der Waals surface area contributed by atoms with E-state index in [1.54, 1.807) is 32.0 Å². The van der Waals surface area contributed by atoms with Crippen molar-refractivity contribution in [2.45, 2.75) is 82.8 Å². The second kappa shape index (κ2) is 20.9. The summed E-state index contributed by atoms with van der Waals surface area (Å²) < 4.78 is 0. The molecule has 12 heteroatoms. The first-order valence-corrected chi connectivity index (χ1v) is 18.5. The Morgan fingerprint density at radius 2 is 1.24 bits per heavy atom. The summed E-state index contributed by atoms with van der Waals surface area (Å²) in [6.45, 7) is 4.83. The average Bonchev–Trinajstić information content (AvgIpc) is 3.13. The summed E-state index contributed by atoms with van der Waals surface area (Å²) in [4.78, 5) is 56.1. The third-order valence-electron chi connectivity index (χ3n) is 9.04. The number of carbonyl (C=O) groups is 4. The Morgan fingerprint density at radius 1 is 0.648 bits per heavy atom. The molecule has 0 aliphatic rings. The molecule has 0 fully saturated rings. The molecule has 3 unspecified atom stereocenters. The molecule has 0 aromatic heterocycles. The number of hydrogen-bond donors (Lipinski definition) is 7. The van der Waals surface area contributed by atoms with Gasteiger partial charge in [0.15, 0.2) is 0 Å². The van der Waals surface area contributed by atoms with E-state index in [0.29, 0.717) is 51.0 Å². The van der Waals surface area contributed by atoms with Gasteiger partial charge in [0.05, 0.1) is 12.2 Å². The lowest BCUT2D eigenvalue weighted by molar-refractivity contribution is -0.132. The van der Waals surface area contributed by atoms with E-state index in [0.717, 1.165) is 27.5 Å².